The van der Waals surface area contributed by atoms with Crippen LogP contribution in [-0.4, -0.2) is 43.8 Å². The lowest BCUT2D eigenvalue weighted by Gasteiger charge is -2.20. The summed E-state index contributed by atoms with van der Waals surface area (Å²) in [4.78, 5) is 38.9. The van der Waals surface area contributed by atoms with Gasteiger partial charge in [-0.05, 0) is 59.0 Å². The van der Waals surface area contributed by atoms with Crippen LogP contribution in [0.2, 0.25) is 0 Å². The van der Waals surface area contributed by atoms with Gasteiger partial charge in [-0.15, -0.1) is 11.3 Å². The monoisotopic (exact) mass is 702 g/mol. The molecule has 0 spiro atoms. The molecule has 1 aromatic heterocycles. The number of alkyl halides is 6. The molecule has 1 aliphatic heterocycles. The number of rotatable bonds is 7. The number of thioether (sulfide) groups is 1. The van der Waals surface area contributed by atoms with E-state index in [0.29, 0.717) is 21.9 Å². The maximum atomic E-state index is 13.6. The Labute approximate surface area is 271 Å². The normalized spacial score (nSPS) is 15.2. The van der Waals surface area contributed by atoms with E-state index in [1.165, 1.54) is 23.1 Å². The molecule has 244 valence electrons. The maximum Gasteiger partial charge on any atom is 0.416 e. The van der Waals surface area contributed by atoms with Gasteiger partial charge in [-0.3, -0.25) is 14.5 Å². The molecule has 4 rings (SSSR count). The van der Waals surface area contributed by atoms with E-state index in [0.717, 1.165) is 35.2 Å². The first-order valence-electron chi connectivity index (χ1n) is 13.2. The molecule has 0 atom stereocenters. The first-order chi connectivity index (χ1) is 21.1. The van der Waals surface area contributed by atoms with E-state index in [9.17, 15) is 45.8 Å². The molecule has 2 aromatic carbocycles. The number of halogens is 6. The highest BCUT2D eigenvalue weighted by atomic mass is 32.2. The van der Waals surface area contributed by atoms with Crippen LogP contribution in [-0.2, 0) is 27.4 Å². The van der Waals surface area contributed by atoms with Gasteiger partial charge in [0.1, 0.15) is 15.6 Å². The van der Waals surface area contributed by atoms with Crippen molar-refractivity contribution in [2.75, 3.05) is 11.9 Å². The highest BCUT2D eigenvalue weighted by molar-refractivity contribution is 8.26. The van der Waals surface area contributed by atoms with Crippen molar-refractivity contribution in [3.63, 3.8) is 0 Å². The quantitative estimate of drug-likeness (QED) is 0.129. The van der Waals surface area contributed by atoms with E-state index in [1.54, 1.807) is 20.8 Å². The average molecular weight is 703 g/mol. The number of nitrogens with zero attached hydrogens (tertiary/aromatic N) is 1. The molecule has 0 saturated carbocycles. The number of aromatic carboxylic acids is 1. The number of carbonyl (C=O) groups is 3. The molecule has 3 aromatic rings. The van der Waals surface area contributed by atoms with Crippen LogP contribution in [0.4, 0.5) is 32.0 Å². The summed E-state index contributed by atoms with van der Waals surface area (Å²) in [5.41, 5.74) is -3.90. The molecule has 0 unspecified atom stereocenters. The van der Waals surface area contributed by atoms with Crippen molar-refractivity contribution in [3.05, 3.63) is 73.8 Å². The van der Waals surface area contributed by atoms with E-state index < -0.39 is 52.4 Å². The van der Waals surface area contributed by atoms with Crippen LogP contribution >= 0.6 is 35.3 Å². The van der Waals surface area contributed by atoms with Crippen molar-refractivity contribution in [3.8, 4) is 16.9 Å². The average Bonchev–Trinajstić information content (AvgIpc) is 3.46. The van der Waals surface area contributed by atoms with E-state index in [2.05, 4.69) is 5.32 Å². The number of nitrogens with one attached hydrogen (secondary N) is 1. The summed E-state index contributed by atoms with van der Waals surface area (Å²) in [6, 6.07) is 6.31. The standard InChI is InChI=1S/C30H24F6N2O5S3/c1-28(2,3)24-20(14-8-15(29(31,32)33)10-16(9-14)30(34,35)36)12-18(45-24)13-22-25(41)38(27(44)46-22)7-6-23(40)37-17-4-5-19(26(42)43)21(39)11-17/h4-5,8-13,39H,6-7H2,1-3H3,(H,37,40)(H,42,43)/b22-13-. The number of phenols is 1. The molecule has 16 heteroatoms. The van der Waals surface area contributed by atoms with Gasteiger partial charge >= 0.3 is 18.3 Å². The summed E-state index contributed by atoms with van der Waals surface area (Å²) in [7, 11) is 0. The largest absolute Gasteiger partial charge is 0.507 e. The Bertz CT molecular complexity index is 1740. The molecule has 2 amide bonds. The fraction of sp³-hybridized carbons (Fsp3) is 0.267. The predicted molar refractivity (Wildman–Crippen MR) is 167 cm³/mol. The number of benzene rings is 2. The molecule has 0 radical (unpaired) electrons. The Hall–Kier alpha value is -3.89. The fourth-order valence-corrected chi connectivity index (χ4v) is 6.97. The van der Waals surface area contributed by atoms with Gasteiger partial charge in [-0.2, -0.15) is 26.3 Å². The van der Waals surface area contributed by atoms with Gasteiger partial charge in [0, 0.05) is 34.5 Å². The summed E-state index contributed by atoms with van der Waals surface area (Å²) in [6.07, 6.45) is -8.80. The van der Waals surface area contributed by atoms with E-state index in [4.69, 9.17) is 17.3 Å². The number of amides is 2. The number of hydrogen-bond donors (Lipinski definition) is 3. The Balaban J connectivity index is 1.58. The summed E-state index contributed by atoms with van der Waals surface area (Å²) < 4.78 is 81.6. The molecular weight excluding hydrogens is 679 g/mol. The Morgan fingerprint density at radius 3 is 2.11 bits per heavy atom. The molecule has 0 bridgehead atoms. The zero-order chi connectivity index (χ0) is 34.4. The molecule has 7 nitrogen and oxygen atoms in total. The van der Waals surface area contributed by atoms with Crippen molar-refractivity contribution in [2.45, 2.75) is 45.0 Å². The van der Waals surface area contributed by atoms with Gasteiger partial charge in [0.15, 0.2) is 0 Å². The smallest absolute Gasteiger partial charge is 0.416 e. The molecule has 3 N–H and O–H groups in total. The molecule has 46 heavy (non-hydrogen) atoms. The Morgan fingerprint density at radius 1 is 0.978 bits per heavy atom. The van der Waals surface area contributed by atoms with Crippen molar-refractivity contribution in [1.29, 1.82) is 0 Å². The Kier molecular flexibility index (Phi) is 9.67. The van der Waals surface area contributed by atoms with Gasteiger partial charge < -0.3 is 15.5 Å². The summed E-state index contributed by atoms with van der Waals surface area (Å²) >= 11 is 7.35. The van der Waals surface area contributed by atoms with Gasteiger partial charge in [0.25, 0.3) is 5.91 Å². The van der Waals surface area contributed by atoms with E-state index in [-0.39, 0.29) is 50.6 Å². The SMILES string of the molecule is CC(C)(C)c1sc(/C=C2\SC(=S)N(CCC(=O)Nc3ccc(C(=O)O)c(O)c3)C2=O)cc1-c1cc(C(F)(F)F)cc(C(F)(F)F)c1. The summed E-state index contributed by atoms with van der Waals surface area (Å²) in [5.74, 6) is -3.00. The van der Waals surface area contributed by atoms with Gasteiger partial charge in [-0.25, -0.2) is 4.79 Å². The number of carbonyl (C=O) groups excluding carboxylic acids is 2. The lowest BCUT2D eigenvalue weighted by molar-refractivity contribution is -0.143. The van der Waals surface area contributed by atoms with Crippen LogP contribution < -0.4 is 5.32 Å². The molecule has 1 saturated heterocycles. The van der Waals surface area contributed by atoms with Crippen molar-refractivity contribution in [2.24, 2.45) is 0 Å². The third-order valence-electron chi connectivity index (χ3n) is 6.55. The predicted octanol–water partition coefficient (Wildman–Crippen LogP) is 8.38. The Morgan fingerprint density at radius 2 is 1.59 bits per heavy atom. The first-order valence-corrected chi connectivity index (χ1v) is 15.2. The van der Waals surface area contributed by atoms with Gasteiger partial charge in [0.2, 0.25) is 5.91 Å². The second kappa shape index (κ2) is 12.7. The number of thiophene rings is 1. The van der Waals surface area contributed by atoms with Crippen molar-refractivity contribution >= 4 is 69.2 Å². The van der Waals surface area contributed by atoms with Crippen LogP contribution in [0.1, 0.15) is 58.4 Å². The van der Waals surface area contributed by atoms with Crippen LogP contribution in [0, 0.1) is 0 Å². The van der Waals surface area contributed by atoms with E-state index in [1.807, 2.05) is 0 Å². The molecule has 1 fully saturated rings. The fourth-order valence-electron chi connectivity index (χ4n) is 4.41. The minimum absolute atomic E-state index is 0.0675. The van der Waals surface area contributed by atoms with Gasteiger partial charge in [0.05, 0.1) is 16.0 Å². The zero-order valence-electron chi connectivity index (χ0n) is 24.1. The lowest BCUT2D eigenvalue weighted by atomic mass is 9.88. The minimum Gasteiger partial charge on any atom is -0.507 e. The lowest BCUT2D eigenvalue weighted by Crippen LogP contribution is -2.31. The second-order valence-electron chi connectivity index (χ2n) is 11.1. The zero-order valence-corrected chi connectivity index (χ0v) is 26.5. The van der Waals surface area contributed by atoms with Crippen LogP contribution in [0.15, 0.2) is 47.4 Å². The maximum absolute atomic E-state index is 13.6. The number of anilines is 1. The highest BCUT2D eigenvalue weighted by Crippen LogP contribution is 2.45. The van der Waals surface area contributed by atoms with Crippen molar-refractivity contribution in [1.82, 2.24) is 4.90 Å². The first kappa shape index (κ1) is 35.0. The summed E-state index contributed by atoms with van der Waals surface area (Å²) in [5, 5.41) is 21.3. The number of hydrogen-bond acceptors (Lipinski definition) is 7. The number of carboxylic acid groups (broad SMARTS) is 1. The minimum atomic E-state index is -5.02. The highest BCUT2D eigenvalue weighted by Gasteiger charge is 2.38. The molecule has 1 aliphatic rings. The summed E-state index contributed by atoms with van der Waals surface area (Å²) in [6.45, 7) is 5.16. The third-order valence-corrected chi connectivity index (χ3v) is 9.44. The number of thiocarbonyl (C=S) groups is 1. The van der Waals surface area contributed by atoms with Crippen LogP contribution in [0.5, 0.6) is 5.75 Å². The number of aromatic hydroxyl groups is 1. The molecule has 0 aliphatic carbocycles. The van der Waals surface area contributed by atoms with Crippen LogP contribution in [0.3, 0.4) is 0 Å². The van der Waals surface area contributed by atoms with Crippen molar-refractivity contribution < 1.29 is 50.9 Å². The second-order valence-corrected chi connectivity index (χ2v) is 13.9. The van der Waals surface area contributed by atoms with Gasteiger partial charge in [-0.1, -0.05) is 44.8 Å². The molecule has 2 heterocycles. The number of carboxylic acids is 1. The topological polar surface area (TPSA) is 107 Å². The third kappa shape index (κ3) is 7.90. The molecular formula is C30H24F6N2O5S3. The van der Waals surface area contributed by atoms with Crippen LogP contribution in [0.25, 0.3) is 17.2 Å². The van der Waals surface area contributed by atoms with E-state index >= 15 is 0 Å².